The third kappa shape index (κ3) is 3.54. The minimum Gasteiger partial charge on any atom is -0.486 e. The second-order valence-electron chi connectivity index (χ2n) is 3.56. The molecule has 0 unspecified atom stereocenters. The summed E-state index contributed by atoms with van der Waals surface area (Å²) in [6.07, 6.45) is 0. The van der Waals surface area contributed by atoms with Gasteiger partial charge in [-0.1, -0.05) is 34.8 Å². The Kier molecular flexibility index (Phi) is 4.58. The van der Waals surface area contributed by atoms with Crippen LogP contribution in [0.25, 0.3) is 0 Å². The summed E-state index contributed by atoms with van der Waals surface area (Å²) in [5, 5.41) is 9.86. The smallest absolute Gasteiger partial charge is 0.345 e. The van der Waals surface area contributed by atoms with Crippen LogP contribution in [0.4, 0.5) is 0 Å². The van der Waals surface area contributed by atoms with E-state index in [0.29, 0.717) is 20.8 Å². The van der Waals surface area contributed by atoms with Gasteiger partial charge in [-0.25, -0.2) is 4.79 Å². The molecule has 2 aromatic rings. The number of ether oxygens (including phenoxy) is 1. The lowest BCUT2D eigenvalue weighted by atomic mass is 10.3. The predicted molar refractivity (Wildman–Crippen MR) is 77.1 cm³/mol. The number of thiophene rings is 1. The average molecular weight is 338 g/mol. The fraction of sp³-hybridized carbons (Fsp3) is 0.0833. The molecule has 0 fully saturated rings. The molecular weight excluding hydrogens is 331 g/mol. The molecule has 1 aromatic carbocycles. The fourth-order valence-electron chi connectivity index (χ4n) is 1.33. The largest absolute Gasteiger partial charge is 0.486 e. The molecule has 0 saturated heterocycles. The number of carboxylic acids is 1. The molecule has 0 aliphatic carbocycles. The van der Waals surface area contributed by atoms with E-state index in [1.807, 2.05) is 0 Å². The van der Waals surface area contributed by atoms with Crippen LogP contribution in [-0.4, -0.2) is 11.1 Å². The number of rotatable bonds is 4. The maximum absolute atomic E-state index is 10.7. The first kappa shape index (κ1) is 14.5. The zero-order valence-corrected chi connectivity index (χ0v) is 12.4. The quantitative estimate of drug-likeness (QED) is 0.800. The van der Waals surface area contributed by atoms with Crippen molar-refractivity contribution >= 4 is 52.1 Å². The summed E-state index contributed by atoms with van der Waals surface area (Å²) in [6, 6.07) is 6.25. The van der Waals surface area contributed by atoms with Crippen molar-refractivity contribution in [3.8, 4) is 5.75 Å². The molecule has 0 aliphatic heterocycles. The maximum atomic E-state index is 10.7. The van der Waals surface area contributed by atoms with Crippen molar-refractivity contribution in [2.24, 2.45) is 0 Å². The molecule has 19 heavy (non-hydrogen) atoms. The molecular formula is C12H7Cl3O3S. The SMILES string of the molecule is O=C(O)c1ccc(COc2cc(Cl)c(Cl)cc2Cl)s1. The number of aromatic carboxylic acids is 1. The van der Waals surface area contributed by atoms with Gasteiger partial charge in [0.25, 0.3) is 0 Å². The van der Waals surface area contributed by atoms with Crippen LogP contribution in [0.5, 0.6) is 5.75 Å². The Labute approximate surface area is 128 Å². The summed E-state index contributed by atoms with van der Waals surface area (Å²) in [4.78, 5) is 11.8. The summed E-state index contributed by atoms with van der Waals surface area (Å²) in [5.41, 5.74) is 0. The van der Waals surface area contributed by atoms with Gasteiger partial charge in [-0.3, -0.25) is 0 Å². The van der Waals surface area contributed by atoms with Gasteiger partial charge in [-0.15, -0.1) is 11.3 Å². The lowest BCUT2D eigenvalue weighted by Crippen LogP contribution is -1.94. The molecule has 1 N–H and O–H groups in total. The number of benzene rings is 1. The van der Waals surface area contributed by atoms with Crippen LogP contribution in [0.1, 0.15) is 14.5 Å². The number of carboxylic acid groups (broad SMARTS) is 1. The van der Waals surface area contributed by atoms with Crippen LogP contribution in [-0.2, 0) is 6.61 Å². The third-order valence-corrected chi connectivity index (χ3v) is 4.28. The zero-order valence-electron chi connectivity index (χ0n) is 9.32. The Balaban J connectivity index is 2.09. The van der Waals surface area contributed by atoms with Gasteiger partial charge in [0.1, 0.15) is 17.2 Å². The highest BCUT2D eigenvalue weighted by Gasteiger charge is 2.10. The Morgan fingerprint density at radius 3 is 2.47 bits per heavy atom. The molecule has 2 rings (SSSR count). The average Bonchev–Trinajstić information content (AvgIpc) is 2.81. The summed E-state index contributed by atoms with van der Waals surface area (Å²) in [5.74, 6) is -0.551. The summed E-state index contributed by atoms with van der Waals surface area (Å²) in [6.45, 7) is 0.218. The van der Waals surface area contributed by atoms with E-state index < -0.39 is 5.97 Å². The van der Waals surface area contributed by atoms with Crippen LogP contribution in [0.2, 0.25) is 15.1 Å². The van der Waals surface area contributed by atoms with Gasteiger partial charge in [0.15, 0.2) is 0 Å². The van der Waals surface area contributed by atoms with Gasteiger partial charge < -0.3 is 9.84 Å². The van der Waals surface area contributed by atoms with Gasteiger partial charge in [-0.2, -0.15) is 0 Å². The van der Waals surface area contributed by atoms with Gasteiger partial charge in [0, 0.05) is 10.9 Å². The van der Waals surface area contributed by atoms with Crippen LogP contribution >= 0.6 is 46.1 Å². The van der Waals surface area contributed by atoms with Crippen LogP contribution in [0.3, 0.4) is 0 Å². The number of halogens is 3. The molecule has 0 amide bonds. The highest BCUT2D eigenvalue weighted by molar-refractivity contribution is 7.13. The van der Waals surface area contributed by atoms with Crippen molar-refractivity contribution in [2.75, 3.05) is 0 Å². The first-order valence-corrected chi connectivity index (χ1v) is 7.02. The molecule has 0 bridgehead atoms. The highest BCUT2D eigenvalue weighted by atomic mass is 35.5. The van der Waals surface area contributed by atoms with E-state index in [9.17, 15) is 4.79 Å². The Morgan fingerprint density at radius 1 is 1.16 bits per heavy atom. The molecule has 1 heterocycles. The second kappa shape index (κ2) is 6.01. The first-order chi connectivity index (χ1) is 8.97. The maximum Gasteiger partial charge on any atom is 0.345 e. The molecule has 0 saturated carbocycles. The van der Waals surface area contributed by atoms with Crippen molar-refractivity contribution < 1.29 is 14.6 Å². The molecule has 1 aromatic heterocycles. The Morgan fingerprint density at radius 2 is 1.84 bits per heavy atom. The van der Waals surface area contributed by atoms with E-state index in [4.69, 9.17) is 44.6 Å². The van der Waals surface area contributed by atoms with E-state index in [2.05, 4.69) is 0 Å². The molecule has 0 radical (unpaired) electrons. The van der Waals surface area contributed by atoms with E-state index in [1.54, 1.807) is 6.07 Å². The van der Waals surface area contributed by atoms with Crippen molar-refractivity contribution in [1.82, 2.24) is 0 Å². The van der Waals surface area contributed by atoms with Crippen molar-refractivity contribution in [3.63, 3.8) is 0 Å². The minimum atomic E-state index is -0.955. The van der Waals surface area contributed by atoms with E-state index in [1.165, 1.54) is 18.2 Å². The Bertz CT molecular complexity index is 625. The third-order valence-electron chi connectivity index (χ3n) is 2.22. The zero-order chi connectivity index (χ0) is 14.0. The molecule has 0 spiro atoms. The van der Waals surface area contributed by atoms with Gasteiger partial charge in [0.2, 0.25) is 0 Å². The van der Waals surface area contributed by atoms with Crippen LogP contribution in [0, 0.1) is 0 Å². The highest BCUT2D eigenvalue weighted by Crippen LogP contribution is 2.34. The summed E-state index contributed by atoms with van der Waals surface area (Å²) >= 11 is 18.8. The Hall–Kier alpha value is -0.940. The summed E-state index contributed by atoms with van der Waals surface area (Å²) < 4.78 is 5.49. The van der Waals surface area contributed by atoms with E-state index in [0.717, 1.165) is 16.2 Å². The predicted octanol–water partition coefficient (Wildman–Crippen LogP) is 4.99. The number of carbonyl (C=O) groups is 1. The lowest BCUT2D eigenvalue weighted by molar-refractivity contribution is 0.0702. The van der Waals surface area contributed by atoms with Crippen molar-refractivity contribution in [2.45, 2.75) is 6.61 Å². The van der Waals surface area contributed by atoms with E-state index in [-0.39, 0.29) is 11.5 Å². The first-order valence-electron chi connectivity index (χ1n) is 5.06. The molecule has 0 aliphatic rings. The van der Waals surface area contributed by atoms with Gasteiger partial charge >= 0.3 is 5.97 Å². The van der Waals surface area contributed by atoms with Gasteiger partial charge in [-0.05, 0) is 18.2 Å². The second-order valence-corrected chi connectivity index (χ2v) is 5.95. The lowest BCUT2D eigenvalue weighted by Gasteiger charge is -2.08. The van der Waals surface area contributed by atoms with E-state index >= 15 is 0 Å². The minimum absolute atomic E-state index is 0.218. The van der Waals surface area contributed by atoms with Crippen molar-refractivity contribution in [1.29, 1.82) is 0 Å². The van der Waals surface area contributed by atoms with Crippen LogP contribution in [0.15, 0.2) is 24.3 Å². The number of hydrogen-bond acceptors (Lipinski definition) is 3. The standard InChI is InChI=1S/C12H7Cl3O3S/c13-7-3-9(15)10(4-8(7)14)18-5-6-1-2-11(19-6)12(16)17/h1-4H,5H2,(H,16,17). The monoisotopic (exact) mass is 336 g/mol. The van der Waals surface area contributed by atoms with Gasteiger partial charge in [0.05, 0.1) is 15.1 Å². The van der Waals surface area contributed by atoms with Crippen molar-refractivity contribution in [3.05, 3.63) is 49.1 Å². The van der Waals surface area contributed by atoms with Crippen LogP contribution < -0.4 is 4.74 Å². The fourth-order valence-corrected chi connectivity index (χ4v) is 2.69. The normalized spacial score (nSPS) is 10.5. The number of hydrogen-bond donors (Lipinski definition) is 1. The molecule has 0 atom stereocenters. The molecule has 3 nitrogen and oxygen atoms in total. The molecule has 100 valence electrons. The molecule has 7 heteroatoms. The topological polar surface area (TPSA) is 46.5 Å². The summed E-state index contributed by atoms with van der Waals surface area (Å²) in [7, 11) is 0.